The molecule has 146 valence electrons. The van der Waals surface area contributed by atoms with Gasteiger partial charge in [0.2, 0.25) is 5.89 Å². The molecule has 1 aromatic carbocycles. The monoisotopic (exact) mass is 377 g/mol. The molecule has 0 N–H and O–H groups in total. The molecule has 0 saturated carbocycles. The van der Waals surface area contributed by atoms with Crippen molar-refractivity contribution in [2.45, 2.75) is 45.8 Å². The Balaban J connectivity index is 1.37. The van der Waals surface area contributed by atoms with E-state index in [2.05, 4.69) is 16.8 Å². The highest BCUT2D eigenvalue weighted by Crippen LogP contribution is 2.25. The molecule has 0 bridgehead atoms. The van der Waals surface area contributed by atoms with Crippen LogP contribution in [-0.4, -0.2) is 34.0 Å². The van der Waals surface area contributed by atoms with E-state index in [9.17, 15) is 0 Å². The van der Waals surface area contributed by atoms with E-state index in [-0.39, 0.29) is 0 Å². The molecule has 3 heterocycles. The standard InChI is InChI=1S/C23H27N3O2/c1-17-4-3-14-26(17)15-11-22-18(2)28-23(25-22)20-5-7-21(8-6-20)27-16-19-9-12-24-13-10-19/h5-10,12-13,17H,3-4,11,14-16H2,1-2H3/t17-/m1/s1. The maximum Gasteiger partial charge on any atom is 0.226 e. The van der Waals surface area contributed by atoms with Crippen LogP contribution < -0.4 is 4.74 Å². The first kappa shape index (κ1) is 18.7. The van der Waals surface area contributed by atoms with E-state index < -0.39 is 0 Å². The molecule has 2 aromatic heterocycles. The first-order chi connectivity index (χ1) is 13.7. The van der Waals surface area contributed by atoms with Crippen molar-refractivity contribution < 1.29 is 9.15 Å². The molecule has 5 heteroatoms. The van der Waals surface area contributed by atoms with Gasteiger partial charge in [-0.1, -0.05) is 0 Å². The number of aromatic nitrogens is 2. The van der Waals surface area contributed by atoms with Crippen LogP contribution in [0.25, 0.3) is 11.5 Å². The number of hydrogen-bond acceptors (Lipinski definition) is 5. The zero-order valence-electron chi connectivity index (χ0n) is 16.6. The third kappa shape index (κ3) is 4.42. The fourth-order valence-electron chi connectivity index (χ4n) is 3.70. The number of ether oxygens (including phenoxy) is 1. The Morgan fingerprint density at radius 3 is 2.64 bits per heavy atom. The second-order valence-electron chi connectivity index (χ2n) is 7.47. The molecule has 0 amide bonds. The average molecular weight is 377 g/mol. The van der Waals surface area contributed by atoms with Gasteiger partial charge in [-0.3, -0.25) is 4.98 Å². The van der Waals surface area contributed by atoms with E-state index in [1.165, 1.54) is 19.4 Å². The van der Waals surface area contributed by atoms with Crippen LogP contribution in [0.5, 0.6) is 5.75 Å². The first-order valence-electron chi connectivity index (χ1n) is 10.0. The van der Waals surface area contributed by atoms with Crippen LogP contribution >= 0.6 is 0 Å². The zero-order chi connectivity index (χ0) is 19.3. The SMILES string of the molecule is Cc1oc(-c2ccc(OCc3ccncc3)cc2)nc1CCN1CCC[C@H]1C. The van der Waals surface area contributed by atoms with Gasteiger partial charge >= 0.3 is 0 Å². The number of hydrogen-bond donors (Lipinski definition) is 0. The highest BCUT2D eigenvalue weighted by molar-refractivity contribution is 5.55. The van der Waals surface area contributed by atoms with Gasteiger partial charge in [0, 0.05) is 37.0 Å². The van der Waals surface area contributed by atoms with Gasteiger partial charge in [-0.2, -0.15) is 0 Å². The van der Waals surface area contributed by atoms with Crippen molar-refractivity contribution in [3.05, 3.63) is 65.8 Å². The zero-order valence-corrected chi connectivity index (χ0v) is 16.6. The van der Waals surface area contributed by atoms with Crippen LogP contribution in [0.4, 0.5) is 0 Å². The van der Waals surface area contributed by atoms with Crippen LogP contribution in [0.2, 0.25) is 0 Å². The van der Waals surface area contributed by atoms with E-state index in [0.29, 0.717) is 18.5 Å². The number of rotatable bonds is 7. The van der Waals surface area contributed by atoms with Crippen molar-refractivity contribution in [2.24, 2.45) is 0 Å². The molecule has 0 spiro atoms. The lowest BCUT2D eigenvalue weighted by molar-refractivity contribution is 0.271. The predicted octanol–water partition coefficient (Wildman–Crippen LogP) is 4.65. The summed E-state index contributed by atoms with van der Waals surface area (Å²) < 4.78 is 11.8. The molecule has 4 rings (SSSR count). The maximum absolute atomic E-state index is 5.93. The summed E-state index contributed by atoms with van der Waals surface area (Å²) in [5.41, 5.74) is 3.13. The Labute approximate surface area is 166 Å². The third-order valence-electron chi connectivity index (χ3n) is 5.48. The lowest BCUT2D eigenvalue weighted by atomic mass is 10.2. The highest BCUT2D eigenvalue weighted by atomic mass is 16.5. The van der Waals surface area contributed by atoms with Gasteiger partial charge in [-0.05, 0) is 75.2 Å². The minimum absolute atomic E-state index is 0.527. The molecule has 0 aliphatic carbocycles. The van der Waals surface area contributed by atoms with Crippen molar-refractivity contribution in [3.63, 3.8) is 0 Å². The van der Waals surface area contributed by atoms with Crippen molar-refractivity contribution >= 4 is 0 Å². The van der Waals surface area contributed by atoms with Crippen molar-refractivity contribution in [3.8, 4) is 17.2 Å². The Morgan fingerprint density at radius 1 is 1.14 bits per heavy atom. The maximum atomic E-state index is 5.93. The first-order valence-corrected chi connectivity index (χ1v) is 10.0. The van der Waals surface area contributed by atoms with Gasteiger partial charge in [0.1, 0.15) is 18.1 Å². The summed E-state index contributed by atoms with van der Waals surface area (Å²) in [5, 5.41) is 0. The Kier molecular flexibility index (Phi) is 5.72. The Morgan fingerprint density at radius 2 is 1.93 bits per heavy atom. The number of aryl methyl sites for hydroxylation is 1. The molecule has 5 nitrogen and oxygen atoms in total. The van der Waals surface area contributed by atoms with Crippen LogP contribution in [-0.2, 0) is 13.0 Å². The molecule has 3 aromatic rings. The van der Waals surface area contributed by atoms with E-state index in [1.54, 1.807) is 12.4 Å². The lowest BCUT2D eigenvalue weighted by Crippen LogP contribution is -2.29. The van der Waals surface area contributed by atoms with E-state index in [4.69, 9.17) is 14.1 Å². The summed E-state index contributed by atoms with van der Waals surface area (Å²) in [4.78, 5) is 11.3. The van der Waals surface area contributed by atoms with E-state index in [1.807, 2.05) is 43.3 Å². The summed E-state index contributed by atoms with van der Waals surface area (Å²) in [6, 6.07) is 12.5. The van der Waals surface area contributed by atoms with Gasteiger partial charge < -0.3 is 14.1 Å². The van der Waals surface area contributed by atoms with E-state index in [0.717, 1.165) is 41.3 Å². The molecule has 0 radical (unpaired) electrons. The second-order valence-corrected chi connectivity index (χ2v) is 7.47. The lowest BCUT2D eigenvalue weighted by Gasteiger charge is -2.20. The van der Waals surface area contributed by atoms with Crippen LogP contribution in [0, 0.1) is 6.92 Å². The van der Waals surface area contributed by atoms with Crippen LogP contribution in [0.15, 0.2) is 53.2 Å². The number of benzene rings is 1. The van der Waals surface area contributed by atoms with E-state index >= 15 is 0 Å². The van der Waals surface area contributed by atoms with Crippen molar-refractivity contribution in [1.82, 2.24) is 14.9 Å². The number of pyridine rings is 1. The van der Waals surface area contributed by atoms with Gasteiger partial charge in [-0.15, -0.1) is 0 Å². The molecule has 1 aliphatic rings. The fraction of sp³-hybridized carbons (Fsp3) is 0.391. The van der Waals surface area contributed by atoms with Gasteiger partial charge in [0.05, 0.1) is 5.69 Å². The topological polar surface area (TPSA) is 51.4 Å². The number of oxazole rings is 1. The Hall–Kier alpha value is -2.66. The molecular formula is C23H27N3O2. The number of likely N-dealkylation sites (tertiary alicyclic amines) is 1. The second kappa shape index (κ2) is 8.57. The quantitative estimate of drug-likeness (QED) is 0.600. The van der Waals surface area contributed by atoms with Crippen LogP contribution in [0.1, 0.15) is 36.8 Å². The molecule has 1 saturated heterocycles. The van der Waals surface area contributed by atoms with Crippen molar-refractivity contribution in [2.75, 3.05) is 13.1 Å². The molecular weight excluding hydrogens is 350 g/mol. The minimum Gasteiger partial charge on any atom is -0.489 e. The highest BCUT2D eigenvalue weighted by Gasteiger charge is 2.21. The molecule has 28 heavy (non-hydrogen) atoms. The normalized spacial score (nSPS) is 17.1. The van der Waals surface area contributed by atoms with Gasteiger partial charge in [0.15, 0.2) is 0 Å². The van der Waals surface area contributed by atoms with Crippen molar-refractivity contribution in [1.29, 1.82) is 0 Å². The molecule has 1 aliphatic heterocycles. The molecule has 1 fully saturated rings. The Bertz CT molecular complexity index is 890. The van der Waals surface area contributed by atoms with Crippen LogP contribution in [0.3, 0.4) is 0 Å². The largest absolute Gasteiger partial charge is 0.489 e. The summed E-state index contributed by atoms with van der Waals surface area (Å²) in [5.74, 6) is 2.43. The predicted molar refractivity (Wildman–Crippen MR) is 109 cm³/mol. The summed E-state index contributed by atoms with van der Waals surface area (Å²) in [6.07, 6.45) is 7.09. The summed E-state index contributed by atoms with van der Waals surface area (Å²) >= 11 is 0. The average Bonchev–Trinajstić information content (AvgIpc) is 3.31. The fourth-order valence-corrected chi connectivity index (χ4v) is 3.70. The summed E-state index contributed by atoms with van der Waals surface area (Å²) in [6.45, 7) is 7.10. The molecule has 0 unspecified atom stereocenters. The number of nitrogens with zero attached hydrogens (tertiary/aromatic N) is 3. The minimum atomic E-state index is 0.527. The molecule has 1 atom stereocenters. The van der Waals surface area contributed by atoms with Gasteiger partial charge in [-0.25, -0.2) is 4.98 Å². The third-order valence-corrected chi connectivity index (χ3v) is 5.48. The smallest absolute Gasteiger partial charge is 0.226 e. The van der Waals surface area contributed by atoms with Gasteiger partial charge in [0.25, 0.3) is 0 Å². The summed E-state index contributed by atoms with van der Waals surface area (Å²) in [7, 11) is 0.